The third kappa shape index (κ3) is 2.57. The van der Waals surface area contributed by atoms with E-state index in [-0.39, 0.29) is 10.6 Å². The third-order valence-electron chi connectivity index (χ3n) is 2.62. The number of anilines is 2. The van der Waals surface area contributed by atoms with Crippen LogP contribution in [0.5, 0.6) is 0 Å². The van der Waals surface area contributed by atoms with E-state index in [4.69, 9.17) is 5.73 Å². The SMILES string of the molecule is Nc1ccccc1NCc1ccccc1[N+](=O)[O-]. The van der Waals surface area contributed by atoms with Crippen molar-refractivity contribution in [1.29, 1.82) is 0 Å². The van der Waals surface area contributed by atoms with E-state index < -0.39 is 0 Å². The fourth-order valence-electron chi connectivity index (χ4n) is 1.69. The maximum atomic E-state index is 10.9. The van der Waals surface area contributed by atoms with E-state index in [1.807, 2.05) is 18.2 Å². The number of nitrogen functional groups attached to an aromatic ring is 1. The predicted octanol–water partition coefficient (Wildman–Crippen LogP) is 2.79. The van der Waals surface area contributed by atoms with Crippen molar-refractivity contribution >= 4 is 17.1 Å². The second-order valence-electron chi connectivity index (χ2n) is 3.83. The van der Waals surface area contributed by atoms with Crippen LogP contribution in [0, 0.1) is 10.1 Å². The van der Waals surface area contributed by atoms with Gasteiger partial charge in [0.25, 0.3) is 5.69 Å². The molecule has 5 nitrogen and oxygen atoms in total. The molecule has 0 bridgehead atoms. The summed E-state index contributed by atoms with van der Waals surface area (Å²) in [6.07, 6.45) is 0. The Kier molecular flexibility index (Phi) is 3.43. The van der Waals surface area contributed by atoms with Gasteiger partial charge in [-0.05, 0) is 12.1 Å². The number of hydrogen-bond acceptors (Lipinski definition) is 4. The van der Waals surface area contributed by atoms with E-state index in [1.165, 1.54) is 6.07 Å². The Bertz CT molecular complexity index is 570. The van der Waals surface area contributed by atoms with Crippen molar-refractivity contribution in [3.63, 3.8) is 0 Å². The minimum Gasteiger partial charge on any atom is -0.397 e. The minimum absolute atomic E-state index is 0.111. The first-order valence-corrected chi connectivity index (χ1v) is 5.49. The first kappa shape index (κ1) is 11.9. The zero-order chi connectivity index (χ0) is 13.0. The summed E-state index contributed by atoms with van der Waals surface area (Å²) in [7, 11) is 0. The van der Waals surface area contributed by atoms with Crippen molar-refractivity contribution in [2.45, 2.75) is 6.54 Å². The molecule has 0 heterocycles. The molecule has 18 heavy (non-hydrogen) atoms. The van der Waals surface area contributed by atoms with E-state index in [2.05, 4.69) is 5.32 Å². The lowest BCUT2D eigenvalue weighted by Crippen LogP contribution is -2.04. The summed E-state index contributed by atoms with van der Waals surface area (Å²) in [5.74, 6) is 0. The van der Waals surface area contributed by atoms with Crippen LogP contribution in [-0.2, 0) is 6.54 Å². The van der Waals surface area contributed by atoms with Gasteiger partial charge < -0.3 is 11.1 Å². The Morgan fingerprint density at radius 2 is 1.78 bits per heavy atom. The molecule has 2 aromatic carbocycles. The van der Waals surface area contributed by atoms with Gasteiger partial charge in [-0.2, -0.15) is 0 Å². The average molecular weight is 243 g/mol. The molecule has 2 aromatic rings. The molecular weight excluding hydrogens is 230 g/mol. The lowest BCUT2D eigenvalue weighted by Gasteiger charge is -2.09. The van der Waals surface area contributed by atoms with Crippen molar-refractivity contribution in [1.82, 2.24) is 0 Å². The zero-order valence-corrected chi connectivity index (χ0v) is 9.67. The van der Waals surface area contributed by atoms with Crippen LogP contribution in [0.2, 0.25) is 0 Å². The summed E-state index contributed by atoms with van der Waals surface area (Å²) < 4.78 is 0. The van der Waals surface area contributed by atoms with Crippen LogP contribution in [0.4, 0.5) is 17.1 Å². The van der Waals surface area contributed by atoms with Gasteiger partial charge in [0, 0.05) is 18.2 Å². The van der Waals surface area contributed by atoms with Gasteiger partial charge in [-0.15, -0.1) is 0 Å². The van der Waals surface area contributed by atoms with Crippen molar-refractivity contribution in [2.75, 3.05) is 11.1 Å². The molecule has 0 aromatic heterocycles. The molecular formula is C13H13N3O2. The predicted molar refractivity (Wildman–Crippen MR) is 71.3 cm³/mol. The molecule has 0 unspecified atom stereocenters. The van der Waals surface area contributed by atoms with Crippen LogP contribution in [0.1, 0.15) is 5.56 Å². The number of benzene rings is 2. The van der Waals surface area contributed by atoms with E-state index >= 15 is 0 Å². The van der Waals surface area contributed by atoms with Gasteiger partial charge in [0.1, 0.15) is 0 Å². The van der Waals surface area contributed by atoms with Gasteiger partial charge in [-0.3, -0.25) is 10.1 Å². The highest BCUT2D eigenvalue weighted by molar-refractivity contribution is 5.65. The number of nitrogens with one attached hydrogen (secondary N) is 1. The number of nitro groups is 1. The largest absolute Gasteiger partial charge is 0.397 e. The molecule has 0 fully saturated rings. The van der Waals surface area contributed by atoms with Crippen LogP contribution in [0.15, 0.2) is 48.5 Å². The van der Waals surface area contributed by atoms with Crippen LogP contribution < -0.4 is 11.1 Å². The summed E-state index contributed by atoms with van der Waals surface area (Å²) >= 11 is 0. The molecule has 0 amide bonds. The Morgan fingerprint density at radius 3 is 2.50 bits per heavy atom. The number of nitro benzene ring substituents is 1. The lowest BCUT2D eigenvalue weighted by molar-refractivity contribution is -0.385. The van der Waals surface area contributed by atoms with E-state index in [0.717, 1.165) is 5.69 Å². The normalized spacial score (nSPS) is 10.0. The maximum absolute atomic E-state index is 10.9. The molecule has 92 valence electrons. The van der Waals surface area contributed by atoms with Gasteiger partial charge in [-0.25, -0.2) is 0 Å². The fraction of sp³-hybridized carbons (Fsp3) is 0.0769. The summed E-state index contributed by atoms with van der Waals surface area (Å²) in [6.45, 7) is 0.366. The van der Waals surface area contributed by atoms with Gasteiger partial charge in [-0.1, -0.05) is 30.3 Å². The monoisotopic (exact) mass is 243 g/mol. The molecule has 0 spiro atoms. The van der Waals surface area contributed by atoms with Crippen LogP contribution in [0.3, 0.4) is 0 Å². The first-order chi connectivity index (χ1) is 8.68. The Morgan fingerprint density at radius 1 is 1.11 bits per heavy atom. The highest BCUT2D eigenvalue weighted by Gasteiger charge is 2.11. The second-order valence-corrected chi connectivity index (χ2v) is 3.83. The van der Waals surface area contributed by atoms with E-state index in [1.54, 1.807) is 24.3 Å². The van der Waals surface area contributed by atoms with Gasteiger partial charge in [0.15, 0.2) is 0 Å². The number of nitrogens with two attached hydrogens (primary N) is 1. The summed E-state index contributed by atoms with van der Waals surface area (Å²) in [4.78, 5) is 10.5. The number of hydrogen-bond donors (Lipinski definition) is 2. The maximum Gasteiger partial charge on any atom is 0.274 e. The Balaban J connectivity index is 2.16. The molecule has 0 radical (unpaired) electrons. The zero-order valence-electron chi connectivity index (χ0n) is 9.67. The van der Waals surface area contributed by atoms with E-state index in [0.29, 0.717) is 17.8 Å². The van der Waals surface area contributed by atoms with Gasteiger partial charge >= 0.3 is 0 Å². The van der Waals surface area contributed by atoms with Crippen molar-refractivity contribution in [2.24, 2.45) is 0 Å². The number of para-hydroxylation sites is 3. The number of rotatable bonds is 4. The van der Waals surface area contributed by atoms with Gasteiger partial charge in [0.05, 0.1) is 16.3 Å². The van der Waals surface area contributed by atoms with Gasteiger partial charge in [0.2, 0.25) is 0 Å². The highest BCUT2D eigenvalue weighted by atomic mass is 16.6. The first-order valence-electron chi connectivity index (χ1n) is 5.49. The standard InChI is InChI=1S/C13H13N3O2/c14-11-6-2-3-7-12(11)15-9-10-5-1-4-8-13(10)16(17)18/h1-8,15H,9,14H2. The third-order valence-corrected chi connectivity index (χ3v) is 2.62. The lowest BCUT2D eigenvalue weighted by atomic mass is 10.1. The topological polar surface area (TPSA) is 81.2 Å². The molecule has 0 aliphatic heterocycles. The minimum atomic E-state index is -0.384. The fourth-order valence-corrected chi connectivity index (χ4v) is 1.69. The molecule has 3 N–H and O–H groups in total. The Hall–Kier alpha value is -2.56. The smallest absolute Gasteiger partial charge is 0.274 e. The van der Waals surface area contributed by atoms with Crippen LogP contribution in [-0.4, -0.2) is 4.92 Å². The van der Waals surface area contributed by atoms with Crippen molar-refractivity contribution in [3.8, 4) is 0 Å². The quantitative estimate of drug-likeness (QED) is 0.491. The molecule has 5 heteroatoms. The summed E-state index contributed by atoms with van der Waals surface area (Å²) in [5, 5.41) is 13.9. The van der Waals surface area contributed by atoms with Crippen LogP contribution in [0.25, 0.3) is 0 Å². The average Bonchev–Trinajstić information content (AvgIpc) is 2.38. The second kappa shape index (κ2) is 5.18. The molecule has 0 atom stereocenters. The molecule has 0 saturated heterocycles. The Labute approximate surface area is 104 Å². The molecule has 2 rings (SSSR count). The van der Waals surface area contributed by atoms with Crippen molar-refractivity contribution < 1.29 is 4.92 Å². The van der Waals surface area contributed by atoms with E-state index in [9.17, 15) is 10.1 Å². The summed E-state index contributed by atoms with van der Waals surface area (Å²) in [5.41, 5.74) is 7.92. The summed E-state index contributed by atoms with van der Waals surface area (Å²) in [6, 6.07) is 14.0. The highest BCUT2D eigenvalue weighted by Crippen LogP contribution is 2.21. The molecule has 0 aliphatic carbocycles. The van der Waals surface area contributed by atoms with Crippen molar-refractivity contribution in [3.05, 3.63) is 64.2 Å². The van der Waals surface area contributed by atoms with Crippen LogP contribution >= 0.6 is 0 Å². The molecule has 0 saturated carbocycles. The molecule has 0 aliphatic rings. The number of nitrogens with zero attached hydrogens (tertiary/aromatic N) is 1.